The van der Waals surface area contributed by atoms with Gasteiger partial charge >= 0.3 is 0 Å². The van der Waals surface area contributed by atoms with Crippen LogP contribution >= 0.6 is 0 Å². The van der Waals surface area contributed by atoms with E-state index in [-0.39, 0.29) is 12.0 Å². The predicted octanol–water partition coefficient (Wildman–Crippen LogP) is 2.11. The summed E-state index contributed by atoms with van der Waals surface area (Å²) >= 11 is 0. The lowest BCUT2D eigenvalue weighted by Crippen LogP contribution is -2.33. The van der Waals surface area contributed by atoms with E-state index in [4.69, 9.17) is 4.74 Å². The first-order valence-electron chi connectivity index (χ1n) is 8.05. The van der Waals surface area contributed by atoms with Gasteiger partial charge in [-0.3, -0.25) is 4.79 Å². The fourth-order valence-corrected chi connectivity index (χ4v) is 3.10. The molecule has 24 heavy (non-hydrogen) atoms. The van der Waals surface area contributed by atoms with Gasteiger partial charge in [-0.15, -0.1) is 5.10 Å². The molecule has 1 amide bonds. The van der Waals surface area contributed by atoms with Crippen molar-refractivity contribution in [3.05, 3.63) is 54.9 Å². The van der Waals surface area contributed by atoms with Crippen LogP contribution < -0.4 is 4.74 Å². The molecule has 1 fully saturated rings. The number of likely N-dealkylation sites (tertiary alicyclic amines) is 1. The SMILES string of the molecule is O=C(Cn1ccc2ccccc21)N1CCC(Oc2cccnn2)C1. The van der Waals surface area contributed by atoms with Crippen molar-refractivity contribution >= 4 is 16.8 Å². The number of carbonyl (C=O) groups excluding carboxylic acids is 1. The Morgan fingerprint density at radius 1 is 1.21 bits per heavy atom. The van der Waals surface area contributed by atoms with Gasteiger partial charge in [0.25, 0.3) is 0 Å². The molecule has 2 aromatic heterocycles. The highest BCUT2D eigenvalue weighted by molar-refractivity contribution is 5.83. The zero-order valence-corrected chi connectivity index (χ0v) is 13.2. The van der Waals surface area contributed by atoms with Crippen LogP contribution in [0.2, 0.25) is 0 Å². The summed E-state index contributed by atoms with van der Waals surface area (Å²) in [5.74, 6) is 0.620. The maximum absolute atomic E-state index is 12.6. The molecular weight excluding hydrogens is 304 g/mol. The highest BCUT2D eigenvalue weighted by Gasteiger charge is 2.28. The van der Waals surface area contributed by atoms with Gasteiger partial charge in [-0.2, -0.15) is 5.10 Å². The van der Waals surface area contributed by atoms with E-state index in [2.05, 4.69) is 16.3 Å². The van der Waals surface area contributed by atoms with Crippen LogP contribution in [0.25, 0.3) is 10.9 Å². The number of aromatic nitrogens is 3. The van der Waals surface area contributed by atoms with Crippen LogP contribution in [-0.2, 0) is 11.3 Å². The van der Waals surface area contributed by atoms with Crippen molar-refractivity contribution in [1.29, 1.82) is 0 Å². The average Bonchev–Trinajstić information content (AvgIpc) is 3.24. The Morgan fingerprint density at radius 3 is 3.00 bits per heavy atom. The number of nitrogens with zero attached hydrogens (tertiary/aromatic N) is 4. The Balaban J connectivity index is 1.39. The van der Waals surface area contributed by atoms with E-state index in [1.807, 2.05) is 39.9 Å². The third kappa shape index (κ3) is 2.95. The molecule has 1 aromatic carbocycles. The zero-order valence-electron chi connectivity index (χ0n) is 13.2. The van der Waals surface area contributed by atoms with Crippen molar-refractivity contribution < 1.29 is 9.53 Å². The number of carbonyl (C=O) groups is 1. The summed E-state index contributed by atoms with van der Waals surface area (Å²) in [6, 6.07) is 13.7. The van der Waals surface area contributed by atoms with Crippen LogP contribution in [0.4, 0.5) is 0 Å². The number of ether oxygens (including phenoxy) is 1. The van der Waals surface area contributed by atoms with E-state index in [9.17, 15) is 4.79 Å². The number of benzene rings is 1. The van der Waals surface area contributed by atoms with E-state index in [0.29, 0.717) is 25.5 Å². The Kier molecular flexibility index (Phi) is 3.86. The summed E-state index contributed by atoms with van der Waals surface area (Å²) in [7, 11) is 0. The molecule has 0 aliphatic carbocycles. The average molecular weight is 322 g/mol. The molecule has 1 saturated heterocycles. The zero-order chi connectivity index (χ0) is 16.4. The van der Waals surface area contributed by atoms with Gasteiger partial charge in [-0.1, -0.05) is 18.2 Å². The van der Waals surface area contributed by atoms with E-state index < -0.39 is 0 Å². The molecule has 6 nitrogen and oxygen atoms in total. The number of hydrogen-bond donors (Lipinski definition) is 0. The van der Waals surface area contributed by atoms with Crippen LogP contribution in [0.5, 0.6) is 5.88 Å². The summed E-state index contributed by atoms with van der Waals surface area (Å²) in [6.07, 6.45) is 4.37. The minimum absolute atomic E-state index is 0.0212. The summed E-state index contributed by atoms with van der Waals surface area (Å²) in [5.41, 5.74) is 1.08. The van der Waals surface area contributed by atoms with Gasteiger partial charge in [0, 0.05) is 36.9 Å². The standard InChI is InChI=1S/C18H18N4O2/c23-18(13-21-10-7-14-4-1-2-5-16(14)21)22-11-8-15(12-22)24-17-6-3-9-19-20-17/h1-7,9-10,15H,8,11-13H2. The first kappa shape index (κ1) is 14.7. The normalized spacial score (nSPS) is 17.3. The van der Waals surface area contributed by atoms with Crippen LogP contribution in [-0.4, -0.2) is 44.8 Å². The topological polar surface area (TPSA) is 60.2 Å². The molecule has 3 heterocycles. The minimum Gasteiger partial charge on any atom is -0.471 e. The Hall–Kier alpha value is -2.89. The van der Waals surface area contributed by atoms with E-state index in [1.54, 1.807) is 18.3 Å². The number of rotatable bonds is 4. The summed E-state index contributed by atoms with van der Waals surface area (Å²) in [6.45, 7) is 1.66. The molecule has 0 saturated carbocycles. The second-order valence-electron chi connectivity index (χ2n) is 5.93. The lowest BCUT2D eigenvalue weighted by molar-refractivity contribution is -0.131. The molecule has 0 spiro atoms. The van der Waals surface area contributed by atoms with Gasteiger partial charge < -0.3 is 14.2 Å². The molecule has 1 aliphatic heterocycles. The number of hydrogen-bond acceptors (Lipinski definition) is 4. The molecule has 0 radical (unpaired) electrons. The molecule has 4 rings (SSSR count). The Morgan fingerprint density at radius 2 is 2.12 bits per heavy atom. The second kappa shape index (κ2) is 6.31. The molecule has 1 aliphatic rings. The smallest absolute Gasteiger partial charge is 0.242 e. The van der Waals surface area contributed by atoms with Crippen molar-refractivity contribution in [2.24, 2.45) is 0 Å². The second-order valence-corrected chi connectivity index (χ2v) is 5.93. The first-order chi connectivity index (χ1) is 11.8. The monoisotopic (exact) mass is 322 g/mol. The molecular formula is C18H18N4O2. The molecule has 0 N–H and O–H groups in total. The first-order valence-corrected chi connectivity index (χ1v) is 8.05. The molecule has 3 aromatic rings. The van der Waals surface area contributed by atoms with Crippen molar-refractivity contribution in [3.8, 4) is 5.88 Å². The number of amides is 1. The van der Waals surface area contributed by atoms with Gasteiger partial charge in [-0.25, -0.2) is 0 Å². The van der Waals surface area contributed by atoms with Crippen molar-refractivity contribution in [2.75, 3.05) is 13.1 Å². The van der Waals surface area contributed by atoms with Gasteiger partial charge in [0.2, 0.25) is 11.8 Å². The summed E-state index contributed by atoms with van der Waals surface area (Å²) in [4.78, 5) is 14.4. The van der Waals surface area contributed by atoms with Gasteiger partial charge in [0.05, 0.1) is 6.54 Å². The predicted molar refractivity (Wildman–Crippen MR) is 89.6 cm³/mol. The van der Waals surface area contributed by atoms with Crippen LogP contribution in [0.3, 0.4) is 0 Å². The maximum atomic E-state index is 12.6. The van der Waals surface area contributed by atoms with Gasteiger partial charge in [0.1, 0.15) is 12.6 Å². The van der Waals surface area contributed by atoms with Crippen molar-refractivity contribution in [1.82, 2.24) is 19.7 Å². The number of para-hydroxylation sites is 1. The third-order valence-corrected chi connectivity index (χ3v) is 4.32. The van der Waals surface area contributed by atoms with E-state index in [1.165, 1.54) is 0 Å². The Bertz CT molecular complexity index is 846. The van der Waals surface area contributed by atoms with Crippen molar-refractivity contribution in [2.45, 2.75) is 19.1 Å². The number of fused-ring (bicyclic) bond motifs is 1. The van der Waals surface area contributed by atoms with E-state index in [0.717, 1.165) is 17.3 Å². The van der Waals surface area contributed by atoms with Gasteiger partial charge in [-0.05, 0) is 23.6 Å². The van der Waals surface area contributed by atoms with E-state index >= 15 is 0 Å². The lowest BCUT2D eigenvalue weighted by Gasteiger charge is -2.17. The van der Waals surface area contributed by atoms with Gasteiger partial charge in [0.15, 0.2) is 0 Å². The highest BCUT2D eigenvalue weighted by Crippen LogP contribution is 2.18. The highest BCUT2D eigenvalue weighted by atomic mass is 16.5. The largest absolute Gasteiger partial charge is 0.471 e. The quantitative estimate of drug-likeness (QED) is 0.738. The maximum Gasteiger partial charge on any atom is 0.242 e. The van der Waals surface area contributed by atoms with Crippen LogP contribution in [0.1, 0.15) is 6.42 Å². The molecule has 1 atom stereocenters. The molecule has 0 bridgehead atoms. The fourth-order valence-electron chi connectivity index (χ4n) is 3.10. The van der Waals surface area contributed by atoms with Crippen LogP contribution in [0, 0.1) is 0 Å². The van der Waals surface area contributed by atoms with Crippen molar-refractivity contribution in [3.63, 3.8) is 0 Å². The fraction of sp³-hybridized carbons (Fsp3) is 0.278. The van der Waals surface area contributed by atoms with Crippen LogP contribution in [0.15, 0.2) is 54.9 Å². The molecule has 6 heteroatoms. The molecule has 122 valence electrons. The molecule has 1 unspecified atom stereocenters. The summed E-state index contributed by atoms with van der Waals surface area (Å²) in [5, 5.41) is 8.88. The minimum atomic E-state index is -0.0212. The summed E-state index contributed by atoms with van der Waals surface area (Å²) < 4.78 is 7.78. The third-order valence-electron chi connectivity index (χ3n) is 4.32. The lowest BCUT2D eigenvalue weighted by atomic mass is 10.2. The Labute approximate surface area is 139 Å².